The average molecular weight is 383 g/mol. The van der Waals surface area contributed by atoms with Gasteiger partial charge in [0.25, 0.3) is 5.56 Å². The highest BCUT2D eigenvalue weighted by Gasteiger charge is 2.30. The third-order valence-electron chi connectivity index (χ3n) is 4.43. The molecule has 1 fully saturated rings. The maximum Gasteiger partial charge on any atom is 0.262 e. The smallest absolute Gasteiger partial charge is 0.262 e. The Morgan fingerprint density at radius 1 is 1.26 bits per heavy atom. The van der Waals surface area contributed by atoms with Crippen LogP contribution in [0.15, 0.2) is 58.5 Å². The van der Waals surface area contributed by atoms with E-state index in [-0.39, 0.29) is 17.5 Å². The van der Waals surface area contributed by atoms with Gasteiger partial charge in [-0.25, -0.2) is 9.37 Å². The van der Waals surface area contributed by atoms with Gasteiger partial charge in [-0.05, 0) is 50.1 Å². The first-order chi connectivity index (χ1) is 13.0. The first kappa shape index (κ1) is 17.7. The molecule has 1 heterocycles. The summed E-state index contributed by atoms with van der Waals surface area (Å²) in [5, 5.41) is 3.34. The predicted octanol–water partition coefficient (Wildman–Crippen LogP) is 3.99. The highest BCUT2D eigenvalue weighted by atomic mass is 32.2. The van der Waals surface area contributed by atoms with Gasteiger partial charge in [0, 0.05) is 11.7 Å². The number of carbonyl (C=O) groups excluding carboxylic acids is 1. The van der Waals surface area contributed by atoms with E-state index in [0.717, 1.165) is 12.8 Å². The number of fused-ring (bicyclic) bond motifs is 1. The van der Waals surface area contributed by atoms with Crippen LogP contribution < -0.4 is 10.9 Å². The lowest BCUT2D eigenvalue weighted by atomic mass is 10.2. The number of hydrogen-bond donors (Lipinski definition) is 1. The molecule has 1 aliphatic carbocycles. The zero-order valence-corrected chi connectivity index (χ0v) is 15.5. The van der Waals surface area contributed by atoms with Gasteiger partial charge < -0.3 is 5.32 Å². The lowest BCUT2D eigenvalue weighted by Crippen LogP contribution is -2.26. The van der Waals surface area contributed by atoms with E-state index in [1.807, 2.05) is 12.1 Å². The Bertz CT molecular complexity index is 1080. The van der Waals surface area contributed by atoms with E-state index in [0.29, 0.717) is 21.7 Å². The van der Waals surface area contributed by atoms with E-state index < -0.39 is 11.1 Å². The van der Waals surface area contributed by atoms with Crippen molar-refractivity contribution in [1.82, 2.24) is 9.55 Å². The summed E-state index contributed by atoms with van der Waals surface area (Å²) in [5.74, 6) is -0.678. The number of aromatic nitrogens is 2. The Labute approximate surface area is 159 Å². The molecule has 27 heavy (non-hydrogen) atoms. The number of rotatable bonds is 5. The van der Waals surface area contributed by atoms with Crippen LogP contribution in [0.1, 0.15) is 25.8 Å². The molecule has 1 amide bonds. The molecule has 1 saturated carbocycles. The van der Waals surface area contributed by atoms with Crippen LogP contribution in [0.4, 0.5) is 10.1 Å². The third kappa shape index (κ3) is 3.73. The molecule has 0 spiro atoms. The van der Waals surface area contributed by atoms with Crippen LogP contribution in [0, 0.1) is 5.82 Å². The van der Waals surface area contributed by atoms with Crippen LogP contribution in [0.2, 0.25) is 0 Å². The number of carbonyl (C=O) groups is 1. The molecule has 0 aliphatic heterocycles. The van der Waals surface area contributed by atoms with Gasteiger partial charge in [0.05, 0.1) is 16.2 Å². The van der Waals surface area contributed by atoms with E-state index in [9.17, 15) is 14.0 Å². The number of benzene rings is 2. The van der Waals surface area contributed by atoms with E-state index in [1.165, 1.54) is 23.9 Å². The largest absolute Gasteiger partial charge is 0.325 e. The summed E-state index contributed by atoms with van der Waals surface area (Å²) >= 11 is 1.25. The lowest BCUT2D eigenvalue weighted by molar-refractivity contribution is -0.115. The SMILES string of the molecule is CC(Sc1nc2ccccc2c(=O)n1C1CC1)C(=O)Nc1cccc(F)c1. The van der Waals surface area contributed by atoms with Crippen LogP contribution >= 0.6 is 11.8 Å². The fraction of sp³-hybridized carbons (Fsp3) is 0.250. The third-order valence-corrected chi connectivity index (χ3v) is 5.50. The van der Waals surface area contributed by atoms with E-state index >= 15 is 0 Å². The molecule has 1 aromatic heterocycles. The van der Waals surface area contributed by atoms with Crippen LogP contribution in [-0.4, -0.2) is 20.7 Å². The van der Waals surface area contributed by atoms with E-state index in [4.69, 9.17) is 0 Å². The van der Waals surface area contributed by atoms with E-state index in [2.05, 4.69) is 10.3 Å². The number of nitrogens with one attached hydrogen (secondary N) is 1. The van der Waals surface area contributed by atoms with Crippen molar-refractivity contribution in [3.8, 4) is 0 Å². The van der Waals surface area contributed by atoms with Crippen LogP contribution in [0.3, 0.4) is 0 Å². The molecule has 1 atom stereocenters. The topological polar surface area (TPSA) is 64.0 Å². The monoisotopic (exact) mass is 383 g/mol. The molecule has 138 valence electrons. The number of halogens is 1. The molecule has 7 heteroatoms. The molecular formula is C20H18FN3O2S. The van der Waals surface area contributed by atoms with Gasteiger partial charge in [0.1, 0.15) is 5.82 Å². The molecule has 5 nitrogen and oxygen atoms in total. The van der Waals surface area contributed by atoms with Crippen molar-refractivity contribution in [1.29, 1.82) is 0 Å². The molecule has 1 aliphatic rings. The number of hydrogen-bond acceptors (Lipinski definition) is 4. The predicted molar refractivity (Wildman–Crippen MR) is 105 cm³/mol. The molecule has 0 radical (unpaired) electrons. The van der Waals surface area contributed by atoms with Gasteiger partial charge in [-0.3, -0.25) is 14.2 Å². The Morgan fingerprint density at radius 2 is 2.04 bits per heavy atom. The Kier molecular flexibility index (Phi) is 4.70. The summed E-state index contributed by atoms with van der Waals surface area (Å²) in [4.78, 5) is 30.0. The van der Waals surface area contributed by atoms with Crippen LogP contribution in [0.5, 0.6) is 0 Å². The zero-order chi connectivity index (χ0) is 19.0. The number of nitrogens with zero attached hydrogens (tertiary/aromatic N) is 2. The second kappa shape index (κ2) is 7.15. The maximum absolute atomic E-state index is 13.3. The zero-order valence-electron chi connectivity index (χ0n) is 14.7. The van der Waals surface area contributed by atoms with Gasteiger partial charge in [-0.15, -0.1) is 0 Å². The van der Waals surface area contributed by atoms with Crippen molar-refractivity contribution >= 4 is 34.3 Å². The van der Waals surface area contributed by atoms with Crippen molar-refractivity contribution in [2.45, 2.75) is 36.2 Å². The van der Waals surface area contributed by atoms with Gasteiger partial charge in [0.15, 0.2) is 5.16 Å². The minimum Gasteiger partial charge on any atom is -0.325 e. The Hall–Kier alpha value is -2.67. The molecule has 1 N–H and O–H groups in total. The van der Waals surface area contributed by atoms with E-state index in [1.54, 1.807) is 35.8 Å². The maximum atomic E-state index is 13.3. The molecule has 2 aromatic carbocycles. The fourth-order valence-corrected chi connectivity index (χ4v) is 3.86. The van der Waals surface area contributed by atoms with Gasteiger partial charge >= 0.3 is 0 Å². The molecule has 3 aromatic rings. The van der Waals surface area contributed by atoms with Crippen molar-refractivity contribution in [3.05, 3.63) is 64.7 Å². The quantitative estimate of drug-likeness (QED) is 0.534. The molecule has 4 rings (SSSR count). The number of anilines is 1. The second-order valence-electron chi connectivity index (χ2n) is 6.58. The van der Waals surface area contributed by atoms with Crippen LogP contribution in [0.25, 0.3) is 10.9 Å². The van der Waals surface area contributed by atoms with Crippen molar-refractivity contribution in [3.63, 3.8) is 0 Å². The van der Waals surface area contributed by atoms with Gasteiger partial charge in [-0.1, -0.05) is 30.0 Å². The molecule has 0 bridgehead atoms. The molecule has 0 saturated heterocycles. The summed E-state index contributed by atoms with van der Waals surface area (Å²) in [6, 6.07) is 13.1. The fourth-order valence-electron chi connectivity index (χ4n) is 2.89. The summed E-state index contributed by atoms with van der Waals surface area (Å²) in [6.45, 7) is 1.75. The lowest BCUT2D eigenvalue weighted by Gasteiger charge is -2.16. The normalized spacial score (nSPS) is 14.9. The van der Waals surface area contributed by atoms with Crippen molar-refractivity contribution < 1.29 is 9.18 Å². The van der Waals surface area contributed by atoms with Crippen LogP contribution in [-0.2, 0) is 4.79 Å². The molecular weight excluding hydrogens is 365 g/mol. The van der Waals surface area contributed by atoms with Gasteiger partial charge in [-0.2, -0.15) is 0 Å². The first-order valence-corrected chi connectivity index (χ1v) is 9.65. The number of para-hydroxylation sites is 1. The standard InChI is InChI=1S/C20H18FN3O2S/c1-12(18(25)22-14-6-4-5-13(21)11-14)27-20-23-17-8-3-2-7-16(17)19(26)24(20)15-9-10-15/h2-8,11-12,15H,9-10H2,1H3,(H,22,25). The summed E-state index contributed by atoms with van der Waals surface area (Å²) in [5.41, 5.74) is 0.960. The van der Waals surface area contributed by atoms with Crippen molar-refractivity contribution in [2.24, 2.45) is 0 Å². The minimum absolute atomic E-state index is 0.0664. The number of amides is 1. The highest BCUT2D eigenvalue weighted by Crippen LogP contribution is 2.37. The molecule has 1 unspecified atom stereocenters. The first-order valence-electron chi connectivity index (χ1n) is 8.77. The summed E-state index contributed by atoms with van der Waals surface area (Å²) < 4.78 is 15.0. The minimum atomic E-state index is -0.494. The second-order valence-corrected chi connectivity index (χ2v) is 7.89. The summed E-state index contributed by atoms with van der Waals surface area (Å²) in [6.07, 6.45) is 1.88. The Balaban J connectivity index is 1.61. The number of thioether (sulfide) groups is 1. The van der Waals surface area contributed by atoms with Gasteiger partial charge in [0.2, 0.25) is 5.91 Å². The van der Waals surface area contributed by atoms with Crippen molar-refractivity contribution in [2.75, 3.05) is 5.32 Å². The Morgan fingerprint density at radius 3 is 2.78 bits per heavy atom. The average Bonchev–Trinajstić information content (AvgIpc) is 3.47. The summed E-state index contributed by atoms with van der Waals surface area (Å²) in [7, 11) is 0. The highest BCUT2D eigenvalue weighted by molar-refractivity contribution is 8.00.